The minimum absolute atomic E-state index is 0.221. The van der Waals surface area contributed by atoms with Crippen molar-refractivity contribution in [1.29, 1.82) is 0 Å². The van der Waals surface area contributed by atoms with E-state index < -0.39 is 17.1 Å². The molecule has 15 nitrogen and oxygen atoms in total. The van der Waals surface area contributed by atoms with Crippen molar-refractivity contribution in [3.05, 3.63) is 90.0 Å². The second-order valence-electron chi connectivity index (χ2n) is 15.1. The molecule has 2 amide bonds. The maximum atomic E-state index is 13.6. The average Bonchev–Trinajstić information content (AvgIpc) is 3.70. The number of ether oxygens (including phenoxy) is 4. The van der Waals surface area contributed by atoms with Crippen molar-refractivity contribution in [1.82, 2.24) is 30.4 Å². The Morgan fingerprint density at radius 2 is 1.61 bits per heavy atom. The van der Waals surface area contributed by atoms with Gasteiger partial charge >= 0.3 is 12.1 Å². The van der Waals surface area contributed by atoms with E-state index in [4.69, 9.17) is 24.1 Å². The number of carbonyl (C=O) groups excluding carboxylic acids is 2. The van der Waals surface area contributed by atoms with Crippen molar-refractivity contribution in [2.24, 2.45) is 0 Å². The number of H-pyrrole nitrogens is 1. The first-order valence-electron chi connectivity index (χ1n) is 19.5. The van der Waals surface area contributed by atoms with Gasteiger partial charge in [-0.3, -0.25) is 9.78 Å². The van der Waals surface area contributed by atoms with Crippen molar-refractivity contribution in [2.75, 3.05) is 51.4 Å². The van der Waals surface area contributed by atoms with E-state index >= 15 is 0 Å². The van der Waals surface area contributed by atoms with Gasteiger partial charge in [0.1, 0.15) is 23.5 Å². The highest BCUT2D eigenvalue weighted by atomic mass is 16.6. The number of anilines is 1. The predicted molar refractivity (Wildman–Crippen MR) is 214 cm³/mol. The lowest BCUT2D eigenvalue weighted by atomic mass is 9.86. The number of hydrogen-bond donors (Lipinski definition) is 4. The molecule has 1 saturated heterocycles. The molecule has 0 aliphatic carbocycles. The Bertz CT molecular complexity index is 1890. The molecule has 1 aliphatic heterocycles. The zero-order chi connectivity index (χ0) is 40.7. The third-order valence-corrected chi connectivity index (χ3v) is 9.38. The second-order valence-corrected chi connectivity index (χ2v) is 15.1. The van der Waals surface area contributed by atoms with E-state index in [9.17, 15) is 14.4 Å². The zero-order valence-electron chi connectivity index (χ0n) is 33.3. The number of rotatable bonds is 20. The first-order valence-corrected chi connectivity index (χ1v) is 19.5. The molecule has 5 rings (SSSR count). The van der Waals surface area contributed by atoms with Crippen LogP contribution >= 0.6 is 0 Å². The van der Waals surface area contributed by atoms with Gasteiger partial charge < -0.3 is 44.6 Å². The number of nitrogens with one attached hydrogen (secondary N) is 3. The molecule has 1 fully saturated rings. The third-order valence-electron chi connectivity index (χ3n) is 9.38. The fourth-order valence-corrected chi connectivity index (χ4v) is 6.38. The maximum absolute atomic E-state index is 13.6. The Labute approximate surface area is 333 Å². The summed E-state index contributed by atoms with van der Waals surface area (Å²) < 4.78 is 22.2. The van der Waals surface area contributed by atoms with Crippen LogP contribution < -0.4 is 15.4 Å². The lowest BCUT2D eigenvalue weighted by molar-refractivity contribution is -0.142. The van der Waals surface area contributed by atoms with Gasteiger partial charge in [0.25, 0.3) is 5.91 Å². The molecule has 15 heteroatoms. The summed E-state index contributed by atoms with van der Waals surface area (Å²) in [5.41, 5.74) is 1.67. The van der Waals surface area contributed by atoms with Crippen molar-refractivity contribution in [2.45, 2.75) is 83.4 Å². The molecule has 0 unspecified atom stereocenters. The number of piperidine rings is 1. The number of benzene rings is 2. The van der Waals surface area contributed by atoms with Crippen molar-refractivity contribution >= 4 is 23.7 Å². The molecule has 4 aromatic rings. The molecule has 1 aliphatic rings. The molecule has 0 radical (unpaired) electrons. The Balaban J connectivity index is 1.15. The summed E-state index contributed by atoms with van der Waals surface area (Å²) in [4.78, 5) is 46.2. The SMILES string of the molecule is C[C@H](NC(=O)c1cccc(NC2(c3nnc(-c4ccncc4)[nH]3)CCN(C(=O)OC(C)(C)C)CC2)c1)c1cccc(OCCCCCOCCCOCC(=O)O)c1. The van der Waals surface area contributed by atoms with Gasteiger partial charge in [-0.1, -0.05) is 18.2 Å². The third kappa shape index (κ3) is 13.3. The topological polar surface area (TPSA) is 190 Å². The quantitative estimate of drug-likeness (QED) is 0.0691. The summed E-state index contributed by atoms with van der Waals surface area (Å²) in [6.45, 7) is 10.2. The smallest absolute Gasteiger partial charge is 0.410 e. The number of amides is 2. The van der Waals surface area contributed by atoms with Crippen LogP contribution in [-0.4, -0.2) is 99.9 Å². The van der Waals surface area contributed by atoms with Gasteiger partial charge in [-0.25, -0.2) is 9.59 Å². The number of aliphatic carboxylic acids is 1. The Kier molecular flexibility index (Phi) is 15.4. The number of aromatic nitrogens is 4. The van der Waals surface area contributed by atoms with Crippen LogP contribution in [0.25, 0.3) is 11.4 Å². The summed E-state index contributed by atoms with van der Waals surface area (Å²) >= 11 is 0. The predicted octanol–water partition coefficient (Wildman–Crippen LogP) is 6.75. The summed E-state index contributed by atoms with van der Waals surface area (Å²) in [7, 11) is 0. The largest absolute Gasteiger partial charge is 0.494 e. The molecule has 3 heterocycles. The molecule has 4 N–H and O–H groups in total. The minimum Gasteiger partial charge on any atom is -0.494 e. The summed E-state index contributed by atoms with van der Waals surface area (Å²) in [5.74, 6) is 0.784. The zero-order valence-corrected chi connectivity index (χ0v) is 33.3. The number of unbranched alkanes of at least 4 members (excludes halogenated alkanes) is 2. The molecule has 1 atom stereocenters. The Morgan fingerprint density at radius 3 is 2.37 bits per heavy atom. The first kappa shape index (κ1) is 42.6. The van der Waals surface area contributed by atoms with E-state index in [0.29, 0.717) is 76.0 Å². The first-order chi connectivity index (χ1) is 27.4. The van der Waals surface area contributed by atoms with Crippen LogP contribution in [0.4, 0.5) is 10.5 Å². The highest BCUT2D eigenvalue weighted by Gasteiger charge is 2.41. The normalized spacial score (nSPS) is 14.4. The van der Waals surface area contributed by atoms with Crippen LogP contribution in [0.2, 0.25) is 0 Å². The van der Waals surface area contributed by atoms with Crippen LogP contribution in [0.5, 0.6) is 5.75 Å². The van der Waals surface area contributed by atoms with Gasteiger partial charge in [0.05, 0.1) is 12.6 Å². The number of pyridine rings is 1. The Morgan fingerprint density at radius 1 is 0.895 bits per heavy atom. The van der Waals surface area contributed by atoms with Crippen LogP contribution in [0.1, 0.15) is 94.0 Å². The summed E-state index contributed by atoms with van der Waals surface area (Å²) in [6, 6.07) is 18.5. The number of hydrogen-bond acceptors (Lipinski definition) is 11. The number of carboxylic acids is 1. The van der Waals surface area contributed by atoms with Crippen molar-refractivity contribution in [3.63, 3.8) is 0 Å². The molecule has 0 saturated carbocycles. The monoisotopic (exact) mass is 785 g/mol. The number of nitrogens with zero attached hydrogens (tertiary/aromatic N) is 4. The van der Waals surface area contributed by atoms with Gasteiger partial charge in [-0.15, -0.1) is 10.2 Å². The molecule has 57 heavy (non-hydrogen) atoms. The van der Waals surface area contributed by atoms with Crippen molar-refractivity contribution in [3.8, 4) is 17.1 Å². The van der Waals surface area contributed by atoms with E-state index in [2.05, 4.69) is 30.8 Å². The van der Waals surface area contributed by atoms with E-state index in [-0.39, 0.29) is 24.6 Å². The fraction of sp³-hybridized carbons (Fsp3) is 0.476. The highest BCUT2D eigenvalue weighted by molar-refractivity contribution is 5.95. The second kappa shape index (κ2) is 20.6. The average molecular weight is 786 g/mol. The van der Waals surface area contributed by atoms with Gasteiger partial charge in [-0.2, -0.15) is 0 Å². The van der Waals surface area contributed by atoms with Crippen molar-refractivity contribution < 1.29 is 38.4 Å². The Hall–Kier alpha value is -5.54. The molecule has 306 valence electrons. The van der Waals surface area contributed by atoms with E-state index in [1.807, 2.05) is 82.3 Å². The van der Waals surface area contributed by atoms with Crippen LogP contribution in [-0.2, 0) is 24.5 Å². The maximum Gasteiger partial charge on any atom is 0.410 e. The lowest BCUT2D eigenvalue weighted by Gasteiger charge is -2.41. The van der Waals surface area contributed by atoms with Gasteiger partial charge in [0.2, 0.25) is 0 Å². The van der Waals surface area contributed by atoms with E-state index in [1.54, 1.807) is 23.4 Å². The molecular weight excluding hydrogens is 731 g/mol. The van der Waals surface area contributed by atoms with Crippen LogP contribution in [0, 0.1) is 0 Å². The van der Waals surface area contributed by atoms with E-state index in [1.165, 1.54) is 0 Å². The minimum atomic E-state index is -0.971. The van der Waals surface area contributed by atoms with Crippen LogP contribution in [0.15, 0.2) is 73.1 Å². The molecule has 0 spiro atoms. The number of likely N-dealkylation sites (tertiary alicyclic amines) is 1. The summed E-state index contributed by atoms with van der Waals surface area (Å²) in [5, 5.41) is 24.4. The molecule has 2 aromatic heterocycles. The highest BCUT2D eigenvalue weighted by Crippen LogP contribution is 2.36. The van der Waals surface area contributed by atoms with E-state index in [0.717, 1.165) is 41.8 Å². The van der Waals surface area contributed by atoms with Gasteiger partial charge in [-0.05, 0) is 114 Å². The number of carbonyl (C=O) groups is 3. The van der Waals surface area contributed by atoms with Gasteiger partial charge in [0, 0.05) is 62.1 Å². The summed E-state index contributed by atoms with van der Waals surface area (Å²) in [6.07, 6.45) is 7.47. The lowest BCUT2D eigenvalue weighted by Crippen LogP contribution is -2.50. The molecule has 2 aromatic carbocycles. The molecular formula is C42H55N7O8. The van der Waals surface area contributed by atoms with Crippen LogP contribution in [0.3, 0.4) is 0 Å². The standard InChI is InChI=1S/C42H55N7O8/c1-30(32-11-9-14-35(28-32)56-26-7-5-6-23-54-24-10-25-55-29-36(50)51)44-38(52)33-12-8-13-34(27-33)46-42(17-21-49(22-18-42)40(53)57-41(2,3)4)39-45-37(47-48-39)31-15-19-43-20-16-31/h8-9,11-16,19-20,27-28,30,46H,5-7,10,17-18,21-26,29H2,1-4H3,(H,44,52)(H,50,51)(H,45,47,48)/t30-/m0/s1. The number of carboxylic acid groups (broad SMARTS) is 1. The fourth-order valence-electron chi connectivity index (χ4n) is 6.38. The number of aromatic amines is 1. The molecule has 0 bridgehead atoms. The van der Waals surface area contributed by atoms with Gasteiger partial charge in [0.15, 0.2) is 11.6 Å².